The van der Waals surface area contributed by atoms with Crippen LogP contribution in [0, 0.1) is 5.92 Å². The van der Waals surface area contributed by atoms with Gasteiger partial charge in [0.2, 0.25) is 0 Å². The average molecular weight is 324 g/mol. The smallest absolute Gasteiger partial charge is 0.253 e. The molecule has 0 spiro atoms. The van der Waals surface area contributed by atoms with Gasteiger partial charge in [0.25, 0.3) is 5.91 Å². The summed E-state index contributed by atoms with van der Waals surface area (Å²) in [5.41, 5.74) is 3.09. The van der Waals surface area contributed by atoms with Crippen LogP contribution in [0.3, 0.4) is 0 Å². The Labute approximate surface area is 145 Å². The molecular weight excluding hydrogens is 296 g/mol. The van der Waals surface area contributed by atoms with Crippen molar-refractivity contribution in [1.82, 2.24) is 9.88 Å². The molecule has 1 aromatic heterocycles. The Morgan fingerprint density at radius 1 is 1.08 bits per heavy atom. The molecule has 0 saturated carbocycles. The van der Waals surface area contributed by atoms with Gasteiger partial charge in [-0.05, 0) is 48.6 Å². The predicted octanol–water partition coefficient (Wildman–Crippen LogP) is 4.38. The number of hydrogen-bond donors (Lipinski definition) is 0. The van der Waals surface area contributed by atoms with Crippen molar-refractivity contribution < 1.29 is 4.79 Å². The van der Waals surface area contributed by atoms with Crippen molar-refractivity contribution in [2.24, 2.45) is 5.92 Å². The van der Waals surface area contributed by atoms with Crippen molar-refractivity contribution in [2.45, 2.75) is 40.0 Å². The highest BCUT2D eigenvalue weighted by Crippen LogP contribution is 2.12. The van der Waals surface area contributed by atoms with E-state index in [4.69, 9.17) is 0 Å². The lowest BCUT2D eigenvalue weighted by Crippen LogP contribution is -2.33. The SMILES string of the molecule is CCCN(CCc1ccccn1)C(=O)c1ccc(CC(C)C)cc1. The molecule has 1 aromatic carbocycles. The third-order valence-corrected chi connectivity index (χ3v) is 3.99. The molecule has 0 radical (unpaired) electrons. The fraction of sp³-hybridized carbons (Fsp3) is 0.429. The van der Waals surface area contributed by atoms with Crippen LogP contribution in [0.5, 0.6) is 0 Å². The van der Waals surface area contributed by atoms with Crippen LogP contribution >= 0.6 is 0 Å². The summed E-state index contributed by atoms with van der Waals surface area (Å²) in [6.45, 7) is 8.00. The third kappa shape index (κ3) is 5.48. The highest BCUT2D eigenvalue weighted by molar-refractivity contribution is 5.94. The minimum atomic E-state index is 0.115. The number of carbonyl (C=O) groups is 1. The van der Waals surface area contributed by atoms with Gasteiger partial charge in [-0.2, -0.15) is 0 Å². The van der Waals surface area contributed by atoms with Gasteiger partial charge in [0.1, 0.15) is 0 Å². The van der Waals surface area contributed by atoms with E-state index in [-0.39, 0.29) is 5.91 Å². The van der Waals surface area contributed by atoms with Crippen LogP contribution in [-0.2, 0) is 12.8 Å². The van der Waals surface area contributed by atoms with Crippen molar-refractivity contribution in [3.63, 3.8) is 0 Å². The molecule has 0 fully saturated rings. The molecule has 2 rings (SSSR count). The van der Waals surface area contributed by atoms with Crippen molar-refractivity contribution in [1.29, 1.82) is 0 Å². The largest absolute Gasteiger partial charge is 0.338 e. The summed E-state index contributed by atoms with van der Waals surface area (Å²) >= 11 is 0. The Morgan fingerprint density at radius 2 is 1.83 bits per heavy atom. The van der Waals surface area contributed by atoms with Crippen molar-refractivity contribution in [3.8, 4) is 0 Å². The van der Waals surface area contributed by atoms with E-state index in [1.165, 1.54) is 5.56 Å². The molecule has 3 heteroatoms. The second-order valence-electron chi connectivity index (χ2n) is 6.66. The van der Waals surface area contributed by atoms with Gasteiger partial charge in [0.15, 0.2) is 0 Å². The summed E-state index contributed by atoms with van der Waals surface area (Å²) in [4.78, 5) is 19.1. The van der Waals surface area contributed by atoms with E-state index in [0.29, 0.717) is 12.5 Å². The number of pyridine rings is 1. The number of nitrogens with zero attached hydrogens (tertiary/aromatic N) is 2. The van der Waals surface area contributed by atoms with Crippen molar-refractivity contribution in [3.05, 3.63) is 65.5 Å². The van der Waals surface area contributed by atoms with E-state index >= 15 is 0 Å². The molecule has 3 nitrogen and oxygen atoms in total. The maximum Gasteiger partial charge on any atom is 0.253 e. The fourth-order valence-electron chi connectivity index (χ4n) is 2.82. The number of rotatable bonds is 8. The minimum Gasteiger partial charge on any atom is -0.338 e. The van der Waals surface area contributed by atoms with Crippen LogP contribution in [0.2, 0.25) is 0 Å². The summed E-state index contributed by atoms with van der Waals surface area (Å²) < 4.78 is 0. The molecule has 1 heterocycles. The molecule has 128 valence electrons. The molecule has 24 heavy (non-hydrogen) atoms. The van der Waals surface area contributed by atoms with Crippen LogP contribution in [0.1, 0.15) is 48.8 Å². The maximum atomic E-state index is 12.8. The highest BCUT2D eigenvalue weighted by Gasteiger charge is 2.15. The first-order valence-electron chi connectivity index (χ1n) is 8.88. The fourth-order valence-corrected chi connectivity index (χ4v) is 2.82. The lowest BCUT2D eigenvalue weighted by molar-refractivity contribution is 0.0757. The number of carbonyl (C=O) groups excluding carboxylic acids is 1. The normalized spacial score (nSPS) is 10.8. The molecule has 0 aliphatic rings. The van der Waals surface area contributed by atoms with Gasteiger partial charge in [0.05, 0.1) is 0 Å². The standard InChI is InChI=1S/C21H28N2O/c1-4-14-23(15-12-20-7-5-6-13-22-20)21(24)19-10-8-18(9-11-19)16-17(2)3/h5-11,13,17H,4,12,14-16H2,1-3H3. The molecule has 1 amide bonds. The first-order valence-corrected chi connectivity index (χ1v) is 8.88. The van der Waals surface area contributed by atoms with Gasteiger partial charge in [-0.25, -0.2) is 0 Å². The summed E-state index contributed by atoms with van der Waals surface area (Å²) in [6.07, 6.45) is 4.60. The van der Waals surface area contributed by atoms with Crippen molar-refractivity contribution in [2.75, 3.05) is 13.1 Å². The van der Waals surface area contributed by atoms with Gasteiger partial charge in [-0.15, -0.1) is 0 Å². The molecule has 0 aliphatic heterocycles. The second-order valence-corrected chi connectivity index (χ2v) is 6.66. The molecule has 0 aliphatic carbocycles. The summed E-state index contributed by atoms with van der Waals surface area (Å²) in [6, 6.07) is 14.0. The van der Waals surface area contributed by atoms with E-state index in [9.17, 15) is 4.79 Å². The summed E-state index contributed by atoms with van der Waals surface area (Å²) in [5, 5.41) is 0. The Bertz CT molecular complexity index is 620. The monoisotopic (exact) mass is 324 g/mol. The van der Waals surface area contributed by atoms with E-state index in [1.807, 2.05) is 35.2 Å². The Balaban J connectivity index is 2.02. The van der Waals surface area contributed by atoms with E-state index in [0.717, 1.165) is 37.1 Å². The van der Waals surface area contributed by atoms with Gasteiger partial charge in [0, 0.05) is 37.0 Å². The highest BCUT2D eigenvalue weighted by atomic mass is 16.2. The van der Waals surface area contributed by atoms with Gasteiger partial charge in [-0.1, -0.05) is 39.0 Å². The molecular formula is C21H28N2O. The third-order valence-electron chi connectivity index (χ3n) is 3.99. The molecule has 0 unspecified atom stereocenters. The van der Waals surface area contributed by atoms with Gasteiger partial charge in [-0.3, -0.25) is 9.78 Å². The zero-order chi connectivity index (χ0) is 17.4. The molecule has 0 saturated heterocycles. The number of amides is 1. The average Bonchev–Trinajstić information content (AvgIpc) is 2.59. The number of benzene rings is 1. The second kappa shape index (κ2) is 9.21. The first-order chi connectivity index (χ1) is 11.6. The molecule has 0 bridgehead atoms. The maximum absolute atomic E-state index is 12.8. The van der Waals surface area contributed by atoms with Crippen LogP contribution in [-0.4, -0.2) is 28.9 Å². The van der Waals surface area contributed by atoms with Crippen molar-refractivity contribution >= 4 is 5.91 Å². The lowest BCUT2D eigenvalue weighted by atomic mass is 10.0. The van der Waals surface area contributed by atoms with E-state index < -0.39 is 0 Å². The van der Waals surface area contributed by atoms with Crippen LogP contribution in [0.25, 0.3) is 0 Å². The minimum absolute atomic E-state index is 0.115. The lowest BCUT2D eigenvalue weighted by Gasteiger charge is -2.22. The zero-order valence-electron chi connectivity index (χ0n) is 15.0. The van der Waals surface area contributed by atoms with Gasteiger partial charge < -0.3 is 4.90 Å². The quantitative estimate of drug-likeness (QED) is 0.722. The first kappa shape index (κ1) is 18.2. The molecule has 2 aromatic rings. The Hall–Kier alpha value is -2.16. The van der Waals surface area contributed by atoms with Crippen LogP contribution in [0.15, 0.2) is 48.7 Å². The molecule has 0 atom stereocenters. The molecule has 0 N–H and O–H groups in total. The zero-order valence-corrected chi connectivity index (χ0v) is 15.0. The van der Waals surface area contributed by atoms with E-state index in [1.54, 1.807) is 6.20 Å². The number of hydrogen-bond acceptors (Lipinski definition) is 2. The van der Waals surface area contributed by atoms with Gasteiger partial charge >= 0.3 is 0 Å². The Kier molecular flexibility index (Phi) is 6.98. The summed E-state index contributed by atoms with van der Waals surface area (Å²) in [5.74, 6) is 0.741. The Morgan fingerprint density at radius 3 is 2.42 bits per heavy atom. The predicted molar refractivity (Wildman–Crippen MR) is 99.1 cm³/mol. The van der Waals surface area contributed by atoms with E-state index in [2.05, 4.69) is 37.9 Å². The number of aromatic nitrogens is 1. The van der Waals surface area contributed by atoms with Crippen LogP contribution in [0.4, 0.5) is 0 Å². The van der Waals surface area contributed by atoms with Crippen LogP contribution < -0.4 is 0 Å². The summed E-state index contributed by atoms with van der Waals surface area (Å²) in [7, 11) is 0. The topological polar surface area (TPSA) is 33.2 Å².